The fourth-order valence-corrected chi connectivity index (χ4v) is 1.68. The van der Waals surface area contributed by atoms with Crippen LogP contribution in [0.5, 0.6) is 0 Å². The zero-order valence-electron chi connectivity index (χ0n) is 9.40. The van der Waals surface area contributed by atoms with Gasteiger partial charge < -0.3 is 9.15 Å². The maximum absolute atomic E-state index is 5.61. The summed E-state index contributed by atoms with van der Waals surface area (Å²) in [6, 6.07) is 3.93. The van der Waals surface area contributed by atoms with Gasteiger partial charge in [0.05, 0.1) is 18.4 Å². The predicted octanol–water partition coefficient (Wildman–Crippen LogP) is 1.47. The minimum Gasteiger partial charge on any atom is -0.469 e. The lowest BCUT2D eigenvalue weighted by molar-refractivity contribution is 0.0307. The van der Waals surface area contributed by atoms with Gasteiger partial charge in [-0.15, -0.1) is 0 Å². The summed E-state index contributed by atoms with van der Waals surface area (Å²) in [5.41, 5.74) is 2.79. The van der Waals surface area contributed by atoms with Crippen molar-refractivity contribution in [2.75, 3.05) is 6.61 Å². The van der Waals surface area contributed by atoms with Gasteiger partial charge in [0.2, 0.25) is 0 Å². The van der Waals surface area contributed by atoms with Crippen molar-refractivity contribution in [3.63, 3.8) is 0 Å². The summed E-state index contributed by atoms with van der Waals surface area (Å²) in [7, 11) is 0. The van der Waals surface area contributed by atoms with E-state index in [0.29, 0.717) is 6.61 Å². The minimum atomic E-state index is 0.0982. The van der Waals surface area contributed by atoms with Crippen molar-refractivity contribution < 1.29 is 9.15 Å². The number of hydrogen-bond acceptors (Lipinski definition) is 4. The topological polar surface area (TPSA) is 60.4 Å². The van der Waals surface area contributed by atoms with Crippen LogP contribution in [0.4, 0.5) is 0 Å². The van der Waals surface area contributed by atoms with Crippen LogP contribution in [0, 0.1) is 0 Å². The second-order valence-corrected chi connectivity index (χ2v) is 3.46. The highest BCUT2D eigenvalue weighted by molar-refractivity contribution is 5.01. The molecule has 0 radical (unpaired) electrons. The highest BCUT2D eigenvalue weighted by atomic mass is 16.5. The number of hydrogen-bond donors (Lipinski definition) is 2. The maximum Gasteiger partial charge on any atom is 0.105 e. The van der Waals surface area contributed by atoms with Gasteiger partial charge in [0, 0.05) is 13.0 Å². The predicted molar refractivity (Wildman–Crippen MR) is 59.2 cm³/mol. The van der Waals surface area contributed by atoms with Gasteiger partial charge in [-0.05, 0) is 25.5 Å². The van der Waals surface area contributed by atoms with E-state index >= 15 is 0 Å². The third-order valence-corrected chi connectivity index (χ3v) is 2.45. The molecule has 0 fully saturated rings. The van der Waals surface area contributed by atoms with Gasteiger partial charge in [0.25, 0.3) is 0 Å². The summed E-state index contributed by atoms with van der Waals surface area (Å²) in [4.78, 5) is 0. The molecule has 2 unspecified atom stereocenters. The van der Waals surface area contributed by atoms with Crippen molar-refractivity contribution in [2.24, 2.45) is 5.84 Å². The molecule has 0 aliphatic rings. The molecule has 0 aliphatic carbocycles. The van der Waals surface area contributed by atoms with Crippen LogP contribution in [0.25, 0.3) is 0 Å². The van der Waals surface area contributed by atoms with Crippen molar-refractivity contribution in [3.8, 4) is 0 Å². The Hall–Kier alpha value is -0.840. The van der Waals surface area contributed by atoms with Gasteiger partial charge in [-0.1, -0.05) is 6.92 Å². The van der Waals surface area contributed by atoms with Crippen LogP contribution >= 0.6 is 0 Å². The second kappa shape index (κ2) is 6.61. The van der Waals surface area contributed by atoms with Crippen molar-refractivity contribution in [2.45, 2.75) is 38.8 Å². The maximum atomic E-state index is 5.61. The summed E-state index contributed by atoms with van der Waals surface area (Å²) in [5.74, 6) is 6.45. The summed E-state index contributed by atoms with van der Waals surface area (Å²) in [6.45, 7) is 4.78. The van der Waals surface area contributed by atoms with E-state index in [1.54, 1.807) is 6.26 Å². The standard InChI is InChI=1S/C11H20N2O2/c1-3-11(14-4-2)10(13-12)8-9-6-5-7-15-9/h5-7,10-11,13H,3-4,8,12H2,1-2H3. The molecule has 3 N–H and O–H groups in total. The molecular formula is C11H20N2O2. The summed E-state index contributed by atoms with van der Waals surface area (Å²) >= 11 is 0. The molecule has 1 rings (SSSR count). The Labute approximate surface area is 90.8 Å². The molecule has 0 spiro atoms. The Morgan fingerprint density at radius 2 is 2.33 bits per heavy atom. The van der Waals surface area contributed by atoms with Crippen molar-refractivity contribution in [1.29, 1.82) is 0 Å². The van der Waals surface area contributed by atoms with Crippen LogP contribution in [0.3, 0.4) is 0 Å². The number of rotatable bonds is 7. The van der Waals surface area contributed by atoms with E-state index < -0.39 is 0 Å². The average Bonchev–Trinajstić information content (AvgIpc) is 2.75. The minimum absolute atomic E-state index is 0.0982. The quantitative estimate of drug-likeness (QED) is 0.531. The Balaban J connectivity index is 2.53. The third-order valence-electron chi connectivity index (χ3n) is 2.45. The lowest BCUT2D eigenvalue weighted by atomic mass is 10.0. The zero-order valence-corrected chi connectivity index (χ0v) is 9.40. The third kappa shape index (κ3) is 3.66. The summed E-state index contributed by atoms with van der Waals surface area (Å²) < 4.78 is 10.9. The number of hydrazine groups is 1. The monoisotopic (exact) mass is 212 g/mol. The van der Waals surface area contributed by atoms with Crippen LogP contribution in [-0.4, -0.2) is 18.8 Å². The average molecular weight is 212 g/mol. The Kier molecular flexibility index (Phi) is 5.39. The molecule has 1 aromatic heterocycles. The van der Waals surface area contributed by atoms with E-state index in [-0.39, 0.29) is 12.1 Å². The lowest BCUT2D eigenvalue weighted by Gasteiger charge is -2.24. The Morgan fingerprint density at radius 3 is 2.80 bits per heavy atom. The first-order chi connectivity index (χ1) is 7.31. The first kappa shape index (κ1) is 12.2. The van der Waals surface area contributed by atoms with Gasteiger partial charge in [0.1, 0.15) is 5.76 Å². The molecule has 15 heavy (non-hydrogen) atoms. The molecule has 0 aliphatic heterocycles. The molecular weight excluding hydrogens is 192 g/mol. The highest BCUT2D eigenvalue weighted by Crippen LogP contribution is 2.11. The van der Waals surface area contributed by atoms with Crippen LogP contribution in [0.15, 0.2) is 22.8 Å². The lowest BCUT2D eigenvalue weighted by Crippen LogP contribution is -2.46. The Morgan fingerprint density at radius 1 is 1.53 bits per heavy atom. The Bertz CT molecular complexity index is 249. The molecule has 0 aromatic carbocycles. The molecule has 4 nitrogen and oxygen atoms in total. The highest BCUT2D eigenvalue weighted by Gasteiger charge is 2.20. The van der Waals surface area contributed by atoms with Crippen LogP contribution in [0.2, 0.25) is 0 Å². The molecule has 0 bridgehead atoms. The first-order valence-corrected chi connectivity index (χ1v) is 5.41. The van der Waals surface area contributed by atoms with E-state index in [2.05, 4.69) is 12.3 Å². The number of furan rings is 1. The van der Waals surface area contributed by atoms with E-state index in [1.165, 1.54) is 0 Å². The molecule has 86 valence electrons. The normalized spacial score (nSPS) is 15.1. The van der Waals surface area contributed by atoms with Gasteiger partial charge in [0.15, 0.2) is 0 Å². The molecule has 0 saturated carbocycles. The van der Waals surface area contributed by atoms with E-state index in [4.69, 9.17) is 15.0 Å². The summed E-state index contributed by atoms with van der Waals surface area (Å²) in [6.07, 6.45) is 3.49. The van der Waals surface area contributed by atoms with Gasteiger partial charge >= 0.3 is 0 Å². The molecule has 2 atom stereocenters. The zero-order chi connectivity index (χ0) is 11.1. The largest absolute Gasteiger partial charge is 0.469 e. The number of nitrogens with two attached hydrogens (primary N) is 1. The van der Waals surface area contributed by atoms with Gasteiger partial charge in [-0.3, -0.25) is 11.3 Å². The van der Waals surface area contributed by atoms with E-state index in [9.17, 15) is 0 Å². The van der Waals surface area contributed by atoms with E-state index in [0.717, 1.165) is 18.6 Å². The number of ether oxygens (including phenoxy) is 1. The fourth-order valence-electron chi connectivity index (χ4n) is 1.68. The smallest absolute Gasteiger partial charge is 0.105 e. The van der Waals surface area contributed by atoms with E-state index in [1.807, 2.05) is 19.1 Å². The number of nitrogens with one attached hydrogen (secondary N) is 1. The van der Waals surface area contributed by atoms with Crippen molar-refractivity contribution in [3.05, 3.63) is 24.2 Å². The van der Waals surface area contributed by atoms with Gasteiger partial charge in [-0.25, -0.2) is 0 Å². The van der Waals surface area contributed by atoms with Crippen LogP contribution < -0.4 is 11.3 Å². The summed E-state index contributed by atoms with van der Waals surface area (Å²) in [5, 5.41) is 0. The second-order valence-electron chi connectivity index (χ2n) is 3.46. The SMILES string of the molecule is CCOC(CC)C(Cc1ccco1)NN. The van der Waals surface area contributed by atoms with Crippen molar-refractivity contribution in [1.82, 2.24) is 5.43 Å². The fraction of sp³-hybridized carbons (Fsp3) is 0.636. The van der Waals surface area contributed by atoms with Crippen LogP contribution in [-0.2, 0) is 11.2 Å². The molecule has 0 amide bonds. The molecule has 1 aromatic rings. The molecule has 1 heterocycles. The molecule has 0 saturated heterocycles. The van der Waals surface area contributed by atoms with Crippen LogP contribution in [0.1, 0.15) is 26.0 Å². The first-order valence-electron chi connectivity index (χ1n) is 5.41. The van der Waals surface area contributed by atoms with Gasteiger partial charge in [-0.2, -0.15) is 0 Å². The molecule has 4 heteroatoms. The van der Waals surface area contributed by atoms with Crippen molar-refractivity contribution >= 4 is 0 Å².